The average Bonchev–Trinajstić information content (AvgIpc) is 2.52. The molecule has 0 fully saturated rings. The van der Waals surface area contributed by atoms with Gasteiger partial charge in [-0.25, -0.2) is 9.37 Å². The van der Waals surface area contributed by atoms with E-state index in [1.54, 1.807) is 36.4 Å². The lowest BCUT2D eigenvalue weighted by Gasteiger charge is -2.05. The van der Waals surface area contributed by atoms with Gasteiger partial charge in [0.2, 0.25) is 0 Å². The predicted molar refractivity (Wildman–Crippen MR) is 88.8 cm³/mol. The van der Waals surface area contributed by atoms with Crippen molar-refractivity contribution in [3.63, 3.8) is 0 Å². The first-order valence-corrected chi connectivity index (χ1v) is 7.21. The quantitative estimate of drug-likeness (QED) is 0.666. The highest BCUT2D eigenvalue weighted by atomic mass is 35.5. The van der Waals surface area contributed by atoms with E-state index in [2.05, 4.69) is 4.98 Å². The summed E-state index contributed by atoms with van der Waals surface area (Å²) in [4.78, 5) is 4.35. The molecule has 22 heavy (non-hydrogen) atoms. The third-order valence-corrected chi connectivity index (χ3v) is 3.80. The van der Waals surface area contributed by atoms with Gasteiger partial charge in [-0.3, -0.25) is 0 Å². The fraction of sp³-hybridized carbons (Fsp3) is 0. The Labute approximate surface area is 136 Å². The molecule has 2 nitrogen and oxygen atoms in total. The van der Waals surface area contributed by atoms with Crippen molar-refractivity contribution in [2.75, 3.05) is 0 Å². The van der Waals surface area contributed by atoms with Crippen molar-refractivity contribution in [3.8, 4) is 5.75 Å². The largest absolute Gasteiger partial charge is 0.504 e. The highest BCUT2D eigenvalue weighted by Gasteiger charge is 2.10. The second kappa shape index (κ2) is 5.95. The van der Waals surface area contributed by atoms with Crippen molar-refractivity contribution in [3.05, 3.63) is 69.6 Å². The summed E-state index contributed by atoms with van der Waals surface area (Å²) >= 11 is 12.0. The molecular formula is C17H10Cl2FNO. The van der Waals surface area contributed by atoms with E-state index in [1.165, 1.54) is 18.2 Å². The van der Waals surface area contributed by atoms with Crippen LogP contribution >= 0.6 is 23.2 Å². The zero-order chi connectivity index (χ0) is 15.7. The fourth-order valence-electron chi connectivity index (χ4n) is 2.07. The molecule has 5 heteroatoms. The Balaban J connectivity index is 2.01. The lowest BCUT2D eigenvalue weighted by Crippen LogP contribution is -1.86. The van der Waals surface area contributed by atoms with Crippen LogP contribution in [-0.4, -0.2) is 10.1 Å². The van der Waals surface area contributed by atoms with Gasteiger partial charge in [-0.15, -0.1) is 0 Å². The third kappa shape index (κ3) is 2.91. The van der Waals surface area contributed by atoms with Crippen LogP contribution in [0.2, 0.25) is 10.0 Å². The van der Waals surface area contributed by atoms with Crippen molar-refractivity contribution in [1.29, 1.82) is 0 Å². The van der Waals surface area contributed by atoms with Gasteiger partial charge in [0.1, 0.15) is 11.3 Å². The molecule has 0 unspecified atom stereocenters. The normalized spacial score (nSPS) is 11.4. The molecule has 0 amide bonds. The number of pyridine rings is 1. The molecule has 3 aromatic rings. The zero-order valence-electron chi connectivity index (χ0n) is 11.2. The molecule has 0 saturated heterocycles. The van der Waals surface area contributed by atoms with Gasteiger partial charge in [-0.05, 0) is 42.0 Å². The third-order valence-electron chi connectivity index (χ3n) is 3.19. The Morgan fingerprint density at radius 2 is 1.68 bits per heavy atom. The van der Waals surface area contributed by atoms with E-state index in [9.17, 15) is 9.50 Å². The first-order valence-electron chi connectivity index (χ1n) is 6.46. The van der Waals surface area contributed by atoms with E-state index in [0.717, 1.165) is 5.56 Å². The van der Waals surface area contributed by atoms with Crippen LogP contribution in [0.4, 0.5) is 4.39 Å². The maximum Gasteiger partial charge on any atom is 0.160 e. The lowest BCUT2D eigenvalue weighted by molar-refractivity contribution is 0.480. The van der Waals surface area contributed by atoms with Gasteiger partial charge >= 0.3 is 0 Å². The van der Waals surface area contributed by atoms with E-state index in [-0.39, 0.29) is 16.6 Å². The van der Waals surface area contributed by atoms with Gasteiger partial charge in [0, 0.05) is 5.39 Å². The van der Waals surface area contributed by atoms with Gasteiger partial charge in [0.25, 0.3) is 0 Å². The van der Waals surface area contributed by atoms with Gasteiger partial charge < -0.3 is 5.11 Å². The number of nitrogens with zero attached hydrogens (tertiary/aromatic N) is 1. The number of hydrogen-bond donors (Lipinski definition) is 1. The number of rotatable bonds is 2. The summed E-state index contributed by atoms with van der Waals surface area (Å²) in [5, 5.41) is 11.2. The topological polar surface area (TPSA) is 33.1 Å². The number of hydrogen-bond acceptors (Lipinski definition) is 2. The van der Waals surface area contributed by atoms with Crippen LogP contribution in [0.15, 0.2) is 42.5 Å². The second-order valence-electron chi connectivity index (χ2n) is 4.71. The maximum atomic E-state index is 12.9. The van der Waals surface area contributed by atoms with Gasteiger partial charge in [0.15, 0.2) is 5.75 Å². The van der Waals surface area contributed by atoms with Crippen LogP contribution in [0.25, 0.3) is 23.1 Å². The summed E-state index contributed by atoms with van der Waals surface area (Å²) in [7, 11) is 0. The molecule has 1 heterocycles. The minimum Gasteiger partial charge on any atom is -0.504 e. The minimum atomic E-state index is -0.282. The van der Waals surface area contributed by atoms with E-state index in [0.29, 0.717) is 21.6 Å². The lowest BCUT2D eigenvalue weighted by atomic mass is 10.1. The van der Waals surface area contributed by atoms with Gasteiger partial charge in [-0.2, -0.15) is 0 Å². The second-order valence-corrected chi connectivity index (χ2v) is 5.52. The Morgan fingerprint density at radius 1 is 0.955 bits per heavy atom. The Kier molecular flexibility index (Phi) is 4.01. The van der Waals surface area contributed by atoms with Crippen molar-refractivity contribution < 1.29 is 9.50 Å². The highest BCUT2D eigenvalue weighted by molar-refractivity contribution is 6.39. The molecule has 2 aromatic carbocycles. The maximum absolute atomic E-state index is 12.9. The van der Waals surface area contributed by atoms with Crippen molar-refractivity contribution in [1.82, 2.24) is 4.98 Å². The Morgan fingerprint density at radius 3 is 2.41 bits per heavy atom. The van der Waals surface area contributed by atoms with E-state index in [1.807, 2.05) is 0 Å². The molecule has 0 aliphatic carbocycles. The van der Waals surface area contributed by atoms with Crippen LogP contribution in [0, 0.1) is 5.82 Å². The molecule has 0 aliphatic rings. The molecular weight excluding hydrogens is 324 g/mol. The molecule has 1 aromatic heterocycles. The molecule has 0 spiro atoms. The minimum absolute atomic E-state index is 0.0990. The summed E-state index contributed by atoms with van der Waals surface area (Å²) in [5.74, 6) is -0.381. The van der Waals surface area contributed by atoms with Crippen LogP contribution in [0.3, 0.4) is 0 Å². The molecule has 110 valence electrons. The monoisotopic (exact) mass is 333 g/mol. The molecule has 3 rings (SSSR count). The standard InChI is InChI=1S/C17H10Cl2FNO/c18-14-9-15(19)17(22)16-13(14)8-7-12(21-16)6-3-10-1-4-11(20)5-2-10/h1-9,22H/b6-3+. The number of halogens is 3. The van der Waals surface area contributed by atoms with Crippen LogP contribution in [0.5, 0.6) is 5.75 Å². The van der Waals surface area contributed by atoms with Crippen LogP contribution in [-0.2, 0) is 0 Å². The average molecular weight is 334 g/mol. The summed E-state index contributed by atoms with van der Waals surface area (Å²) in [6.45, 7) is 0. The number of benzene rings is 2. The summed E-state index contributed by atoms with van der Waals surface area (Å²) in [6.07, 6.45) is 3.57. The molecule has 0 aliphatic heterocycles. The summed E-state index contributed by atoms with van der Waals surface area (Å²) in [5.41, 5.74) is 1.82. The molecule has 0 bridgehead atoms. The van der Waals surface area contributed by atoms with E-state index >= 15 is 0 Å². The fourth-order valence-corrected chi connectivity index (χ4v) is 2.58. The Bertz CT molecular complexity index is 876. The van der Waals surface area contributed by atoms with E-state index < -0.39 is 0 Å². The number of aromatic nitrogens is 1. The molecule has 0 radical (unpaired) electrons. The van der Waals surface area contributed by atoms with Gasteiger partial charge in [-0.1, -0.05) is 41.4 Å². The smallest absolute Gasteiger partial charge is 0.160 e. The van der Waals surface area contributed by atoms with Gasteiger partial charge in [0.05, 0.1) is 15.7 Å². The highest BCUT2D eigenvalue weighted by Crippen LogP contribution is 2.36. The van der Waals surface area contributed by atoms with Crippen molar-refractivity contribution in [2.24, 2.45) is 0 Å². The van der Waals surface area contributed by atoms with Crippen LogP contribution < -0.4 is 0 Å². The molecule has 0 atom stereocenters. The number of phenolic OH excluding ortho intramolecular Hbond substituents is 1. The SMILES string of the molecule is Oc1c(Cl)cc(Cl)c2ccc(/C=C/c3ccc(F)cc3)nc12. The molecule has 0 saturated carbocycles. The summed E-state index contributed by atoms with van der Waals surface area (Å²) < 4.78 is 12.9. The Hall–Kier alpha value is -2.10. The predicted octanol–water partition coefficient (Wildman–Crippen LogP) is 5.56. The van der Waals surface area contributed by atoms with Crippen molar-refractivity contribution >= 4 is 46.3 Å². The first kappa shape index (κ1) is 14.8. The van der Waals surface area contributed by atoms with E-state index in [4.69, 9.17) is 23.2 Å². The first-order chi connectivity index (χ1) is 10.5. The molecule has 1 N–H and O–H groups in total. The summed E-state index contributed by atoms with van der Waals surface area (Å²) in [6, 6.07) is 11.1. The van der Waals surface area contributed by atoms with Crippen LogP contribution in [0.1, 0.15) is 11.3 Å². The number of fused-ring (bicyclic) bond motifs is 1. The number of phenols is 1. The van der Waals surface area contributed by atoms with Crippen molar-refractivity contribution in [2.45, 2.75) is 0 Å². The zero-order valence-corrected chi connectivity index (χ0v) is 12.7. The number of aromatic hydroxyl groups is 1.